The molecular formula is C22H29N5O2. The number of amides is 2. The molecule has 0 N–H and O–H groups in total. The van der Waals surface area contributed by atoms with Crippen molar-refractivity contribution in [3.05, 3.63) is 48.3 Å². The Morgan fingerprint density at radius 3 is 2.66 bits per heavy atom. The van der Waals surface area contributed by atoms with E-state index in [1.807, 2.05) is 45.7 Å². The first-order chi connectivity index (χ1) is 14.0. The fraction of sp³-hybridized carbons (Fsp3) is 0.545. The highest BCUT2D eigenvalue weighted by Crippen LogP contribution is 2.40. The molecule has 0 aromatic carbocycles. The van der Waals surface area contributed by atoms with E-state index in [4.69, 9.17) is 0 Å². The van der Waals surface area contributed by atoms with Gasteiger partial charge in [-0.05, 0) is 43.7 Å². The molecule has 1 spiro atoms. The lowest BCUT2D eigenvalue weighted by molar-refractivity contribution is -0.142. The van der Waals surface area contributed by atoms with Gasteiger partial charge in [0.1, 0.15) is 12.4 Å². The van der Waals surface area contributed by atoms with Crippen LogP contribution in [-0.4, -0.2) is 62.3 Å². The van der Waals surface area contributed by atoms with Gasteiger partial charge < -0.3 is 14.4 Å². The second-order valence-corrected chi connectivity index (χ2v) is 8.37. The summed E-state index contributed by atoms with van der Waals surface area (Å²) in [5, 5.41) is 0. The van der Waals surface area contributed by atoms with Crippen LogP contribution in [0.15, 0.2) is 36.8 Å². The Morgan fingerprint density at radius 2 is 1.97 bits per heavy atom. The summed E-state index contributed by atoms with van der Waals surface area (Å²) in [5.41, 5.74) is 1.18. The predicted molar refractivity (Wildman–Crippen MR) is 109 cm³/mol. The van der Waals surface area contributed by atoms with Gasteiger partial charge in [0.05, 0.1) is 0 Å². The van der Waals surface area contributed by atoms with Gasteiger partial charge in [0.25, 0.3) is 0 Å². The number of aryl methyl sites for hydroxylation is 1. The maximum Gasteiger partial charge on any atom is 0.242 e. The van der Waals surface area contributed by atoms with Crippen LogP contribution in [-0.2, 0) is 22.6 Å². The van der Waals surface area contributed by atoms with Gasteiger partial charge in [-0.3, -0.25) is 14.6 Å². The first-order valence-electron chi connectivity index (χ1n) is 10.5. The molecule has 2 aliphatic heterocycles. The highest BCUT2D eigenvalue weighted by Gasteiger charge is 2.41. The van der Waals surface area contributed by atoms with Crippen LogP contribution in [0.3, 0.4) is 0 Å². The van der Waals surface area contributed by atoms with Crippen LogP contribution in [0.1, 0.15) is 37.2 Å². The molecule has 7 nitrogen and oxygen atoms in total. The fourth-order valence-corrected chi connectivity index (χ4v) is 4.56. The number of piperidine rings is 2. The molecule has 4 heterocycles. The zero-order valence-electron chi connectivity index (χ0n) is 17.1. The minimum atomic E-state index is 0.153. The molecule has 0 aliphatic carbocycles. The quantitative estimate of drug-likeness (QED) is 0.777. The smallest absolute Gasteiger partial charge is 0.242 e. The van der Waals surface area contributed by atoms with Gasteiger partial charge in [0.2, 0.25) is 11.8 Å². The average Bonchev–Trinajstić information content (AvgIpc) is 3.14. The van der Waals surface area contributed by atoms with Crippen LogP contribution >= 0.6 is 0 Å². The van der Waals surface area contributed by atoms with Crippen LogP contribution in [0.2, 0.25) is 0 Å². The SMILES string of the molecule is Cc1nccn1CC(=O)N1CCC2(CCC(=O)N(CCc3ccccn3)C2)CC1. The Morgan fingerprint density at radius 1 is 1.14 bits per heavy atom. The Balaban J connectivity index is 1.31. The number of imidazole rings is 1. The van der Waals surface area contributed by atoms with E-state index >= 15 is 0 Å². The Labute approximate surface area is 171 Å². The first kappa shape index (κ1) is 19.6. The summed E-state index contributed by atoms with van der Waals surface area (Å²) in [5.74, 6) is 1.27. The molecule has 2 aromatic heterocycles. The third kappa shape index (κ3) is 4.49. The molecule has 0 saturated carbocycles. The second-order valence-electron chi connectivity index (χ2n) is 8.37. The van der Waals surface area contributed by atoms with E-state index in [-0.39, 0.29) is 17.2 Å². The summed E-state index contributed by atoms with van der Waals surface area (Å²) >= 11 is 0. The number of hydrogen-bond donors (Lipinski definition) is 0. The molecule has 29 heavy (non-hydrogen) atoms. The van der Waals surface area contributed by atoms with Gasteiger partial charge in [-0.15, -0.1) is 0 Å². The lowest BCUT2D eigenvalue weighted by Gasteiger charge is -2.47. The van der Waals surface area contributed by atoms with E-state index in [1.165, 1.54) is 0 Å². The molecule has 0 atom stereocenters. The summed E-state index contributed by atoms with van der Waals surface area (Å²) in [7, 11) is 0. The molecule has 7 heteroatoms. The van der Waals surface area contributed by atoms with Crippen molar-refractivity contribution in [3.63, 3.8) is 0 Å². The third-order valence-electron chi connectivity index (χ3n) is 6.52. The molecule has 0 radical (unpaired) electrons. The molecular weight excluding hydrogens is 366 g/mol. The number of rotatable bonds is 5. The summed E-state index contributed by atoms with van der Waals surface area (Å²) in [6.45, 7) is 5.34. The molecule has 2 aromatic rings. The van der Waals surface area contributed by atoms with Crippen LogP contribution in [0.4, 0.5) is 0 Å². The topological polar surface area (TPSA) is 71.3 Å². The largest absolute Gasteiger partial charge is 0.342 e. The molecule has 0 bridgehead atoms. The summed E-state index contributed by atoms with van der Waals surface area (Å²) in [4.78, 5) is 37.7. The van der Waals surface area contributed by atoms with Gasteiger partial charge >= 0.3 is 0 Å². The molecule has 0 unspecified atom stereocenters. The van der Waals surface area contributed by atoms with E-state index in [0.717, 1.165) is 63.4 Å². The van der Waals surface area contributed by atoms with Crippen molar-refractivity contribution in [2.45, 2.75) is 45.6 Å². The number of pyridine rings is 1. The molecule has 2 fully saturated rings. The summed E-state index contributed by atoms with van der Waals surface area (Å²) in [6, 6.07) is 5.91. The molecule has 2 aliphatic rings. The van der Waals surface area contributed by atoms with Crippen molar-refractivity contribution >= 4 is 11.8 Å². The normalized spacial score (nSPS) is 19.0. The van der Waals surface area contributed by atoms with Crippen molar-refractivity contribution < 1.29 is 9.59 Å². The van der Waals surface area contributed by atoms with Crippen molar-refractivity contribution in [1.82, 2.24) is 24.3 Å². The monoisotopic (exact) mass is 395 g/mol. The van der Waals surface area contributed by atoms with Gasteiger partial charge in [0, 0.05) is 63.3 Å². The fourth-order valence-electron chi connectivity index (χ4n) is 4.56. The average molecular weight is 396 g/mol. The van der Waals surface area contributed by atoms with Crippen LogP contribution in [0.25, 0.3) is 0 Å². The van der Waals surface area contributed by atoms with E-state index in [2.05, 4.69) is 9.97 Å². The lowest BCUT2D eigenvalue weighted by Crippen LogP contribution is -2.53. The molecule has 4 rings (SSSR count). The van der Waals surface area contributed by atoms with Crippen LogP contribution in [0.5, 0.6) is 0 Å². The number of carbonyl (C=O) groups is 2. The van der Waals surface area contributed by atoms with Gasteiger partial charge in [0.15, 0.2) is 0 Å². The zero-order valence-corrected chi connectivity index (χ0v) is 17.1. The first-order valence-corrected chi connectivity index (χ1v) is 10.5. The predicted octanol–water partition coefficient (Wildman–Crippen LogP) is 2.06. The van der Waals surface area contributed by atoms with Crippen molar-refractivity contribution in [2.75, 3.05) is 26.2 Å². The van der Waals surface area contributed by atoms with Crippen molar-refractivity contribution in [1.29, 1.82) is 0 Å². The Hall–Kier alpha value is -2.70. The van der Waals surface area contributed by atoms with Gasteiger partial charge in [-0.2, -0.15) is 0 Å². The number of likely N-dealkylation sites (tertiary alicyclic amines) is 2. The number of carbonyl (C=O) groups excluding carboxylic acids is 2. The van der Waals surface area contributed by atoms with E-state index in [1.54, 1.807) is 12.4 Å². The van der Waals surface area contributed by atoms with Gasteiger partial charge in [-0.1, -0.05) is 6.07 Å². The Bertz CT molecular complexity index is 855. The van der Waals surface area contributed by atoms with E-state index in [9.17, 15) is 9.59 Å². The number of aromatic nitrogens is 3. The minimum Gasteiger partial charge on any atom is -0.342 e. The van der Waals surface area contributed by atoms with Crippen molar-refractivity contribution in [3.8, 4) is 0 Å². The number of nitrogens with zero attached hydrogens (tertiary/aromatic N) is 5. The molecule has 154 valence electrons. The van der Waals surface area contributed by atoms with Crippen LogP contribution in [0, 0.1) is 12.3 Å². The maximum absolute atomic E-state index is 12.7. The standard InChI is InChI=1S/C22H29N5O2/c1-18-23-11-15-26(18)16-21(29)25-13-8-22(9-14-25)7-5-20(28)27(17-22)12-6-19-4-2-3-10-24-19/h2-4,10-11,15H,5-9,12-14,16-17H2,1H3. The molecule has 2 saturated heterocycles. The van der Waals surface area contributed by atoms with E-state index in [0.29, 0.717) is 13.0 Å². The van der Waals surface area contributed by atoms with E-state index < -0.39 is 0 Å². The van der Waals surface area contributed by atoms with Crippen LogP contribution < -0.4 is 0 Å². The molecule has 2 amide bonds. The Kier molecular flexibility index (Phi) is 5.65. The number of hydrogen-bond acceptors (Lipinski definition) is 4. The van der Waals surface area contributed by atoms with Gasteiger partial charge in [-0.25, -0.2) is 4.98 Å². The van der Waals surface area contributed by atoms with Crippen molar-refractivity contribution in [2.24, 2.45) is 5.41 Å². The highest BCUT2D eigenvalue weighted by atomic mass is 16.2. The third-order valence-corrected chi connectivity index (χ3v) is 6.52. The second kappa shape index (κ2) is 8.35. The zero-order chi connectivity index (χ0) is 20.3. The minimum absolute atomic E-state index is 0.153. The lowest BCUT2D eigenvalue weighted by atomic mass is 9.72. The maximum atomic E-state index is 12.7. The summed E-state index contributed by atoms with van der Waals surface area (Å²) in [6.07, 6.45) is 9.66. The summed E-state index contributed by atoms with van der Waals surface area (Å²) < 4.78 is 1.89. The highest BCUT2D eigenvalue weighted by molar-refractivity contribution is 5.77.